The van der Waals surface area contributed by atoms with E-state index in [0.29, 0.717) is 0 Å². The minimum Gasteiger partial charge on any atom is -0.325 e. The normalized spacial score (nSPS) is 12.1. The number of nitrogens with two attached hydrogens (primary N) is 1. The molecule has 0 unspecified atom stereocenters. The summed E-state index contributed by atoms with van der Waals surface area (Å²) >= 11 is 0. The zero-order chi connectivity index (χ0) is 9.35. The van der Waals surface area contributed by atoms with E-state index in [-0.39, 0.29) is 5.54 Å². The van der Waals surface area contributed by atoms with Crippen LogP contribution in [0.3, 0.4) is 0 Å². The van der Waals surface area contributed by atoms with Gasteiger partial charge in [0.15, 0.2) is 0 Å². The van der Waals surface area contributed by atoms with Gasteiger partial charge in [-0.05, 0) is 26.3 Å². The van der Waals surface area contributed by atoms with Crippen molar-refractivity contribution in [1.29, 1.82) is 0 Å². The van der Waals surface area contributed by atoms with Crippen molar-refractivity contribution in [2.75, 3.05) is 0 Å². The molecule has 0 bridgehead atoms. The first-order chi connectivity index (χ1) is 5.38. The van der Waals surface area contributed by atoms with Crippen LogP contribution in [-0.4, -0.2) is 15.3 Å². The van der Waals surface area contributed by atoms with Crippen molar-refractivity contribution in [1.82, 2.24) is 9.78 Å². The average Bonchev–Trinajstić information content (AvgIpc) is 2.06. The molecule has 68 valence electrons. The highest BCUT2D eigenvalue weighted by molar-refractivity contribution is 5.16. The summed E-state index contributed by atoms with van der Waals surface area (Å²) < 4.78 is 1.83. The molecule has 0 aromatic carbocycles. The third-order valence-corrected chi connectivity index (χ3v) is 1.74. The maximum absolute atomic E-state index is 5.90. The lowest BCUT2D eigenvalue weighted by Crippen LogP contribution is -2.34. The van der Waals surface area contributed by atoms with Gasteiger partial charge in [-0.3, -0.25) is 4.68 Å². The molecule has 0 atom stereocenters. The molecule has 1 aromatic rings. The number of nitrogens with zero attached hydrogens (tertiary/aromatic N) is 2. The summed E-state index contributed by atoms with van der Waals surface area (Å²) in [7, 11) is 1.93. The Morgan fingerprint density at radius 3 is 2.50 bits per heavy atom. The van der Waals surface area contributed by atoms with E-state index in [1.807, 2.05) is 31.8 Å². The van der Waals surface area contributed by atoms with E-state index >= 15 is 0 Å². The summed E-state index contributed by atoms with van der Waals surface area (Å²) in [6, 6.07) is 0. The molecule has 0 amide bonds. The largest absolute Gasteiger partial charge is 0.325 e. The van der Waals surface area contributed by atoms with Crippen LogP contribution >= 0.6 is 0 Å². The van der Waals surface area contributed by atoms with Crippen LogP contribution in [0.2, 0.25) is 0 Å². The summed E-state index contributed by atoms with van der Waals surface area (Å²) in [6.45, 7) is 6.09. The number of aryl methyl sites for hydroxylation is 2. The van der Waals surface area contributed by atoms with Crippen LogP contribution in [0, 0.1) is 6.92 Å². The van der Waals surface area contributed by atoms with Crippen LogP contribution in [0.4, 0.5) is 0 Å². The van der Waals surface area contributed by atoms with Crippen molar-refractivity contribution in [2.45, 2.75) is 32.7 Å². The molecule has 2 N–H and O–H groups in total. The van der Waals surface area contributed by atoms with Crippen molar-refractivity contribution in [3.8, 4) is 0 Å². The van der Waals surface area contributed by atoms with Gasteiger partial charge in [0.1, 0.15) is 0 Å². The van der Waals surface area contributed by atoms with E-state index in [1.54, 1.807) is 0 Å². The first-order valence-corrected chi connectivity index (χ1v) is 4.16. The SMILES string of the molecule is Cc1cn(C)nc1CC(C)(C)N. The standard InChI is InChI=1S/C9H17N3/c1-7-6-12(4)11-8(7)5-9(2,3)10/h6H,5,10H2,1-4H3. The Kier molecular flexibility index (Phi) is 2.24. The molecule has 0 aliphatic carbocycles. The Morgan fingerprint density at radius 2 is 2.17 bits per heavy atom. The van der Waals surface area contributed by atoms with Crippen LogP contribution < -0.4 is 5.73 Å². The van der Waals surface area contributed by atoms with Crippen LogP contribution in [0.15, 0.2) is 6.20 Å². The zero-order valence-electron chi connectivity index (χ0n) is 8.26. The third kappa shape index (κ3) is 2.34. The summed E-state index contributed by atoms with van der Waals surface area (Å²) in [4.78, 5) is 0. The molecule has 1 aromatic heterocycles. The van der Waals surface area contributed by atoms with Crippen LogP contribution in [0.25, 0.3) is 0 Å². The van der Waals surface area contributed by atoms with Crippen LogP contribution in [0.5, 0.6) is 0 Å². The molecule has 0 aliphatic rings. The van der Waals surface area contributed by atoms with Gasteiger partial charge in [-0.2, -0.15) is 5.10 Å². The fourth-order valence-corrected chi connectivity index (χ4v) is 1.26. The van der Waals surface area contributed by atoms with Gasteiger partial charge in [-0.15, -0.1) is 0 Å². The monoisotopic (exact) mass is 167 g/mol. The second-order valence-electron chi connectivity index (χ2n) is 4.10. The van der Waals surface area contributed by atoms with Crippen molar-refractivity contribution in [3.63, 3.8) is 0 Å². The van der Waals surface area contributed by atoms with E-state index in [4.69, 9.17) is 5.73 Å². The maximum Gasteiger partial charge on any atom is 0.0671 e. The van der Waals surface area contributed by atoms with E-state index in [0.717, 1.165) is 12.1 Å². The van der Waals surface area contributed by atoms with Gasteiger partial charge in [0.2, 0.25) is 0 Å². The minimum atomic E-state index is -0.168. The zero-order valence-corrected chi connectivity index (χ0v) is 8.26. The fourth-order valence-electron chi connectivity index (χ4n) is 1.26. The van der Waals surface area contributed by atoms with Gasteiger partial charge in [-0.25, -0.2) is 0 Å². The Labute approximate surface area is 73.6 Å². The van der Waals surface area contributed by atoms with Gasteiger partial charge in [0.05, 0.1) is 5.69 Å². The molecule has 0 aliphatic heterocycles. The highest BCUT2D eigenvalue weighted by Gasteiger charge is 2.15. The smallest absolute Gasteiger partial charge is 0.0671 e. The first-order valence-electron chi connectivity index (χ1n) is 4.16. The Balaban J connectivity index is 2.82. The number of rotatable bonds is 2. The number of aromatic nitrogens is 2. The highest BCUT2D eigenvalue weighted by Crippen LogP contribution is 2.11. The topological polar surface area (TPSA) is 43.8 Å². The lowest BCUT2D eigenvalue weighted by molar-refractivity contribution is 0.505. The molecule has 0 fully saturated rings. The van der Waals surface area contributed by atoms with E-state index in [2.05, 4.69) is 12.0 Å². The molecule has 1 heterocycles. The maximum atomic E-state index is 5.90. The third-order valence-electron chi connectivity index (χ3n) is 1.74. The average molecular weight is 167 g/mol. The van der Waals surface area contributed by atoms with Crippen LogP contribution in [-0.2, 0) is 13.5 Å². The molecule has 1 rings (SSSR count). The molecule has 3 nitrogen and oxygen atoms in total. The molecule has 12 heavy (non-hydrogen) atoms. The summed E-state index contributed by atoms with van der Waals surface area (Å²) in [5, 5.41) is 4.33. The molecule has 0 saturated carbocycles. The quantitative estimate of drug-likeness (QED) is 0.714. The predicted octanol–water partition coefficient (Wildman–Crippen LogP) is 1.01. The van der Waals surface area contributed by atoms with Crippen molar-refractivity contribution in [3.05, 3.63) is 17.5 Å². The van der Waals surface area contributed by atoms with Gasteiger partial charge in [0, 0.05) is 25.2 Å². The number of hydrogen-bond acceptors (Lipinski definition) is 2. The molecule has 0 saturated heterocycles. The van der Waals surface area contributed by atoms with Gasteiger partial charge in [0.25, 0.3) is 0 Å². The summed E-state index contributed by atoms with van der Waals surface area (Å²) in [5.74, 6) is 0. The highest BCUT2D eigenvalue weighted by atomic mass is 15.2. The lowest BCUT2D eigenvalue weighted by atomic mass is 9.98. The molecular formula is C9H17N3. The van der Waals surface area contributed by atoms with Crippen LogP contribution in [0.1, 0.15) is 25.1 Å². The Hall–Kier alpha value is -0.830. The van der Waals surface area contributed by atoms with Crippen molar-refractivity contribution < 1.29 is 0 Å². The summed E-state index contributed by atoms with van der Waals surface area (Å²) in [6.07, 6.45) is 2.85. The van der Waals surface area contributed by atoms with E-state index in [9.17, 15) is 0 Å². The van der Waals surface area contributed by atoms with Crippen molar-refractivity contribution in [2.24, 2.45) is 12.8 Å². The minimum absolute atomic E-state index is 0.168. The summed E-state index contributed by atoms with van der Waals surface area (Å²) in [5.41, 5.74) is 8.05. The second kappa shape index (κ2) is 2.90. The number of hydrogen-bond donors (Lipinski definition) is 1. The molecular weight excluding hydrogens is 150 g/mol. The lowest BCUT2D eigenvalue weighted by Gasteiger charge is -2.16. The first kappa shape index (κ1) is 9.26. The fraction of sp³-hybridized carbons (Fsp3) is 0.667. The Bertz CT molecular complexity index is 268. The Morgan fingerprint density at radius 1 is 1.58 bits per heavy atom. The predicted molar refractivity (Wildman–Crippen MR) is 49.9 cm³/mol. The molecule has 0 spiro atoms. The van der Waals surface area contributed by atoms with Crippen molar-refractivity contribution >= 4 is 0 Å². The van der Waals surface area contributed by atoms with E-state index in [1.165, 1.54) is 5.56 Å². The van der Waals surface area contributed by atoms with E-state index < -0.39 is 0 Å². The van der Waals surface area contributed by atoms with Gasteiger partial charge >= 0.3 is 0 Å². The second-order valence-corrected chi connectivity index (χ2v) is 4.10. The van der Waals surface area contributed by atoms with Gasteiger partial charge < -0.3 is 5.73 Å². The molecule has 3 heteroatoms. The van der Waals surface area contributed by atoms with Gasteiger partial charge in [-0.1, -0.05) is 0 Å². The molecule has 0 radical (unpaired) electrons.